The quantitative estimate of drug-likeness (QED) is 0.734. The highest BCUT2D eigenvalue weighted by atomic mass is 35.5. The second-order valence-electron chi connectivity index (χ2n) is 7.19. The maximum atomic E-state index is 12.7. The third-order valence-corrected chi connectivity index (χ3v) is 5.45. The van der Waals surface area contributed by atoms with Crippen LogP contribution >= 0.6 is 11.6 Å². The van der Waals surface area contributed by atoms with E-state index >= 15 is 0 Å². The van der Waals surface area contributed by atoms with Crippen LogP contribution in [0.5, 0.6) is 0 Å². The molecule has 0 aromatic heterocycles. The Hall–Kier alpha value is -2.60. The Kier molecular flexibility index (Phi) is 6.19. The predicted octanol–water partition coefficient (Wildman–Crippen LogP) is 3.77. The van der Waals surface area contributed by atoms with E-state index in [-0.39, 0.29) is 0 Å². The van der Waals surface area contributed by atoms with Crippen LogP contribution < -0.4 is 0 Å². The second kappa shape index (κ2) is 8.61. The highest BCUT2D eigenvalue weighted by molar-refractivity contribution is 6.31. The first kappa shape index (κ1) is 20.1. The average Bonchev–Trinajstić information content (AvgIpc) is 2.66. The Morgan fingerprint density at radius 3 is 2.64 bits per heavy atom. The summed E-state index contributed by atoms with van der Waals surface area (Å²) in [6.07, 6.45) is 6.52. The summed E-state index contributed by atoms with van der Waals surface area (Å²) in [6.45, 7) is 0.304. The van der Waals surface area contributed by atoms with Gasteiger partial charge in [0.1, 0.15) is 0 Å². The van der Waals surface area contributed by atoms with Crippen LogP contribution in [0.2, 0.25) is 0 Å². The van der Waals surface area contributed by atoms with E-state index in [2.05, 4.69) is 0 Å². The number of rotatable bonds is 6. The smallest absolute Gasteiger partial charge is 0.327 e. The molecule has 3 rings (SSSR count). The molecule has 28 heavy (non-hydrogen) atoms. The molecular weight excluding hydrogens is 380 g/mol. The van der Waals surface area contributed by atoms with E-state index in [1.165, 1.54) is 4.90 Å². The van der Waals surface area contributed by atoms with Gasteiger partial charge in [0.05, 0.1) is 5.92 Å². The van der Waals surface area contributed by atoms with Gasteiger partial charge >= 0.3 is 12.0 Å². The molecule has 0 saturated carbocycles. The molecule has 1 heterocycles. The van der Waals surface area contributed by atoms with Gasteiger partial charge in [-0.2, -0.15) is 0 Å². The summed E-state index contributed by atoms with van der Waals surface area (Å²) in [7, 11) is 1.57. The van der Waals surface area contributed by atoms with Crippen molar-refractivity contribution >= 4 is 29.5 Å². The van der Waals surface area contributed by atoms with Crippen LogP contribution in [0.15, 0.2) is 53.1 Å². The molecule has 0 spiro atoms. The van der Waals surface area contributed by atoms with Crippen LogP contribution in [0.1, 0.15) is 31.2 Å². The van der Waals surface area contributed by atoms with Gasteiger partial charge in [-0.1, -0.05) is 53.6 Å². The number of carboxylic acid groups (broad SMARTS) is 1. The van der Waals surface area contributed by atoms with E-state index in [1.807, 2.05) is 42.5 Å². The Morgan fingerprint density at radius 2 is 2.00 bits per heavy atom. The summed E-state index contributed by atoms with van der Waals surface area (Å²) in [5.41, 5.74) is 2.01. The average molecular weight is 403 g/mol. The van der Waals surface area contributed by atoms with E-state index in [4.69, 9.17) is 11.6 Å². The van der Waals surface area contributed by atoms with Gasteiger partial charge in [-0.25, -0.2) is 14.5 Å². The number of likely N-dealkylation sites (tertiary alicyclic amines) is 1. The highest BCUT2D eigenvalue weighted by Gasteiger charge is 2.55. The minimum absolute atomic E-state index is 0.304. The predicted molar refractivity (Wildman–Crippen MR) is 106 cm³/mol. The number of allylic oxidation sites excluding steroid dienone is 4. The summed E-state index contributed by atoms with van der Waals surface area (Å²) in [5, 5.41) is 10.3. The van der Waals surface area contributed by atoms with Crippen molar-refractivity contribution in [2.24, 2.45) is 5.92 Å². The normalized spacial score (nSPS) is 21.5. The van der Waals surface area contributed by atoms with Crippen molar-refractivity contribution in [2.75, 3.05) is 7.05 Å². The zero-order valence-corrected chi connectivity index (χ0v) is 16.4. The van der Waals surface area contributed by atoms with Crippen molar-refractivity contribution in [1.29, 1.82) is 0 Å². The number of hydrogen-bond donors (Lipinski definition) is 1. The summed E-state index contributed by atoms with van der Waals surface area (Å²) in [6, 6.07) is 7.64. The van der Waals surface area contributed by atoms with Gasteiger partial charge in [0, 0.05) is 18.6 Å². The molecule has 1 fully saturated rings. The number of imide groups is 1. The molecule has 1 aromatic carbocycles. The number of carboxylic acids is 1. The molecule has 1 unspecified atom stereocenters. The molecule has 3 amide bonds. The van der Waals surface area contributed by atoms with E-state index < -0.39 is 29.9 Å². The van der Waals surface area contributed by atoms with Crippen LogP contribution in [0.4, 0.5) is 4.79 Å². The van der Waals surface area contributed by atoms with Crippen LogP contribution in [-0.2, 0) is 16.1 Å². The lowest BCUT2D eigenvalue weighted by atomic mass is 9.82. The number of hydrogen-bond acceptors (Lipinski definition) is 3. The number of carbonyl (C=O) groups excluding carboxylic acids is 2. The van der Waals surface area contributed by atoms with Crippen LogP contribution in [-0.4, -0.2) is 45.9 Å². The molecule has 0 bridgehead atoms. The number of urea groups is 1. The van der Waals surface area contributed by atoms with Gasteiger partial charge in [-0.3, -0.25) is 4.79 Å². The number of aliphatic carboxylic acids is 1. The highest BCUT2D eigenvalue weighted by Crippen LogP contribution is 2.34. The molecule has 7 heteroatoms. The monoisotopic (exact) mass is 402 g/mol. The van der Waals surface area contributed by atoms with Gasteiger partial charge in [0.2, 0.25) is 5.91 Å². The summed E-state index contributed by atoms with van der Waals surface area (Å²) >= 11 is 6.01. The molecule has 0 radical (unpaired) electrons. The largest absolute Gasteiger partial charge is 0.480 e. The molecule has 148 valence electrons. The number of halogens is 1. The van der Waals surface area contributed by atoms with Crippen molar-refractivity contribution in [2.45, 2.75) is 38.3 Å². The Bertz CT molecular complexity index is 834. The zero-order valence-electron chi connectivity index (χ0n) is 15.7. The molecule has 1 aliphatic heterocycles. The van der Waals surface area contributed by atoms with Gasteiger partial charge in [-0.15, -0.1) is 0 Å². The first-order valence-electron chi connectivity index (χ1n) is 9.28. The van der Waals surface area contributed by atoms with E-state index in [9.17, 15) is 19.5 Å². The fraction of sp³-hybridized carbons (Fsp3) is 0.381. The van der Waals surface area contributed by atoms with Crippen LogP contribution in [0, 0.1) is 5.92 Å². The van der Waals surface area contributed by atoms with Crippen molar-refractivity contribution in [3.8, 4) is 0 Å². The topological polar surface area (TPSA) is 77.9 Å². The Balaban J connectivity index is 1.64. The number of benzene rings is 1. The minimum Gasteiger partial charge on any atom is -0.480 e. The molecule has 1 aromatic rings. The second-order valence-corrected chi connectivity index (χ2v) is 7.63. The molecule has 2 aliphatic rings. The van der Waals surface area contributed by atoms with Gasteiger partial charge in [0.25, 0.3) is 0 Å². The Morgan fingerprint density at radius 1 is 1.29 bits per heavy atom. The third kappa shape index (κ3) is 4.28. The Labute approximate surface area is 169 Å². The molecular formula is C21H23ClN2O4. The fourth-order valence-corrected chi connectivity index (χ4v) is 3.96. The fourth-order valence-electron chi connectivity index (χ4n) is 3.69. The zero-order chi connectivity index (χ0) is 20.3. The van der Waals surface area contributed by atoms with Crippen molar-refractivity contribution in [1.82, 2.24) is 9.80 Å². The lowest BCUT2D eigenvalue weighted by Gasteiger charge is -2.44. The van der Waals surface area contributed by atoms with E-state index in [0.717, 1.165) is 28.9 Å². The first-order chi connectivity index (χ1) is 13.4. The van der Waals surface area contributed by atoms with Gasteiger partial charge in [-0.05, 0) is 37.3 Å². The van der Waals surface area contributed by atoms with Crippen molar-refractivity contribution in [3.05, 3.63) is 58.7 Å². The minimum atomic E-state index is -1.15. The standard InChI is InChI=1S/C21H23ClN2O4/c1-23(13-15-6-3-2-4-7-15)21(28)24-18(20(26)27)17(19(24)25)11-10-14-8-5-9-16(22)12-14/h2-4,6-7,9,12,17-18H,5,8,10-11,13H2,1H3,(H,26,27)/t17-,18?/m1/s1. The number of β-lactam (4-membered cyclic amide) rings is 1. The summed E-state index contributed by atoms with van der Waals surface area (Å²) < 4.78 is 0. The van der Waals surface area contributed by atoms with Crippen LogP contribution in [0.3, 0.4) is 0 Å². The third-order valence-electron chi connectivity index (χ3n) is 5.19. The van der Waals surface area contributed by atoms with Gasteiger partial charge < -0.3 is 10.0 Å². The SMILES string of the molecule is CN(Cc1ccccc1)C(=O)N1C(=O)[C@H](CCC2=CC(Cl)=CCC2)C1C(=O)O. The lowest BCUT2D eigenvalue weighted by molar-refractivity contribution is -0.166. The van der Waals surface area contributed by atoms with E-state index in [0.29, 0.717) is 24.4 Å². The summed E-state index contributed by atoms with van der Waals surface area (Å²) in [4.78, 5) is 39.2. The molecule has 1 saturated heterocycles. The van der Waals surface area contributed by atoms with Crippen molar-refractivity contribution in [3.63, 3.8) is 0 Å². The maximum Gasteiger partial charge on any atom is 0.327 e. The first-order valence-corrected chi connectivity index (χ1v) is 9.66. The van der Waals surface area contributed by atoms with Crippen LogP contribution in [0.25, 0.3) is 0 Å². The molecule has 6 nitrogen and oxygen atoms in total. The summed E-state index contributed by atoms with van der Waals surface area (Å²) in [5.74, 6) is -2.26. The molecule has 2 atom stereocenters. The number of nitrogens with zero attached hydrogens (tertiary/aromatic N) is 2. The molecule has 1 N–H and O–H groups in total. The lowest BCUT2D eigenvalue weighted by Crippen LogP contribution is -2.68. The number of amides is 3. The molecule has 1 aliphatic carbocycles. The van der Waals surface area contributed by atoms with Gasteiger partial charge in [0.15, 0.2) is 6.04 Å². The van der Waals surface area contributed by atoms with E-state index in [1.54, 1.807) is 7.05 Å². The van der Waals surface area contributed by atoms with Crippen molar-refractivity contribution < 1.29 is 19.5 Å². The maximum absolute atomic E-state index is 12.7. The number of carbonyl (C=O) groups is 3.